The van der Waals surface area contributed by atoms with E-state index in [1.54, 1.807) is 0 Å². The molecule has 0 saturated heterocycles. The van der Waals surface area contributed by atoms with E-state index < -0.39 is 0 Å². The molecule has 2 aromatic rings. The van der Waals surface area contributed by atoms with Crippen LogP contribution in [-0.2, 0) is 0 Å². The van der Waals surface area contributed by atoms with E-state index in [0.717, 1.165) is 6.42 Å². The highest BCUT2D eigenvalue weighted by atomic mass is 14.3. The lowest BCUT2D eigenvalue weighted by Gasteiger charge is -2.30. The molecular weight excluding hydrogens is 227 g/mol. The van der Waals surface area contributed by atoms with Gasteiger partial charge in [-0.1, -0.05) is 86.7 Å². The highest BCUT2D eigenvalue weighted by molar-refractivity contribution is 6.11. The number of benzene rings is 2. The van der Waals surface area contributed by atoms with Gasteiger partial charge in [0.1, 0.15) is 0 Å². The smallest absolute Gasteiger partial charge is 0.0699 e. The van der Waals surface area contributed by atoms with E-state index in [1.807, 2.05) is 0 Å². The summed E-state index contributed by atoms with van der Waals surface area (Å²) in [6.45, 7) is 4.35. The van der Waals surface area contributed by atoms with E-state index in [0.29, 0.717) is 11.8 Å². The van der Waals surface area contributed by atoms with Crippen molar-refractivity contribution in [3.8, 4) is 0 Å². The Morgan fingerprint density at radius 2 is 1.26 bits per heavy atom. The SMILES string of the molecule is [B][C@H](C)[C@@H](CC)C(c1ccccc1)c1ccccc1. The summed E-state index contributed by atoms with van der Waals surface area (Å²) in [5.41, 5.74) is 2.72. The van der Waals surface area contributed by atoms with Gasteiger partial charge < -0.3 is 0 Å². The van der Waals surface area contributed by atoms with E-state index in [-0.39, 0.29) is 5.82 Å². The molecule has 0 heterocycles. The van der Waals surface area contributed by atoms with E-state index in [2.05, 4.69) is 74.5 Å². The Hall–Kier alpha value is -1.50. The van der Waals surface area contributed by atoms with Crippen LogP contribution in [0.5, 0.6) is 0 Å². The van der Waals surface area contributed by atoms with Gasteiger partial charge in [-0.2, -0.15) is 0 Å². The first-order valence-corrected chi connectivity index (χ1v) is 7.09. The van der Waals surface area contributed by atoms with Crippen LogP contribution in [-0.4, -0.2) is 7.85 Å². The monoisotopic (exact) mass is 248 g/mol. The molecule has 1 heteroatoms. The molecule has 0 spiro atoms. The van der Waals surface area contributed by atoms with Crippen LogP contribution in [0.2, 0.25) is 5.82 Å². The summed E-state index contributed by atoms with van der Waals surface area (Å²) in [4.78, 5) is 0. The van der Waals surface area contributed by atoms with Gasteiger partial charge in [-0.3, -0.25) is 0 Å². The minimum absolute atomic E-state index is 0.190. The molecule has 96 valence electrons. The average molecular weight is 248 g/mol. The van der Waals surface area contributed by atoms with Crippen molar-refractivity contribution >= 4 is 7.85 Å². The highest BCUT2D eigenvalue weighted by Gasteiger charge is 2.25. The van der Waals surface area contributed by atoms with Crippen molar-refractivity contribution in [1.29, 1.82) is 0 Å². The van der Waals surface area contributed by atoms with Crippen LogP contribution in [0.3, 0.4) is 0 Å². The molecule has 19 heavy (non-hydrogen) atoms. The summed E-state index contributed by atoms with van der Waals surface area (Å²) in [6.07, 6.45) is 1.09. The number of hydrogen-bond donors (Lipinski definition) is 0. The van der Waals surface area contributed by atoms with Gasteiger partial charge in [-0.05, 0) is 17.0 Å². The molecular formula is C18H21B. The van der Waals surface area contributed by atoms with Gasteiger partial charge in [0.2, 0.25) is 0 Å². The Morgan fingerprint density at radius 3 is 1.58 bits per heavy atom. The average Bonchev–Trinajstić information content (AvgIpc) is 2.46. The fourth-order valence-electron chi connectivity index (χ4n) is 2.92. The maximum absolute atomic E-state index is 6.22. The summed E-state index contributed by atoms with van der Waals surface area (Å²) in [6, 6.07) is 21.4. The van der Waals surface area contributed by atoms with Crippen LogP contribution < -0.4 is 0 Å². The Morgan fingerprint density at radius 1 is 0.842 bits per heavy atom. The third-order valence-corrected chi connectivity index (χ3v) is 3.89. The first-order chi connectivity index (χ1) is 9.24. The highest BCUT2D eigenvalue weighted by Crippen LogP contribution is 2.39. The second kappa shape index (κ2) is 6.61. The number of hydrogen-bond acceptors (Lipinski definition) is 0. The van der Waals surface area contributed by atoms with Crippen molar-refractivity contribution in [1.82, 2.24) is 0 Å². The van der Waals surface area contributed by atoms with Crippen molar-refractivity contribution in [2.75, 3.05) is 0 Å². The molecule has 0 fully saturated rings. The Balaban J connectivity index is 2.45. The van der Waals surface area contributed by atoms with Crippen LogP contribution in [0.25, 0.3) is 0 Å². The minimum Gasteiger partial charge on any atom is -0.0765 e. The molecule has 2 atom stereocenters. The molecule has 0 N–H and O–H groups in total. The fraction of sp³-hybridized carbons (Fsp3) is 0.333. The van der Waals surface area contributed by atoms with Gasteiger partial charge in [0.15, 0.2) is 0 Å². The van der Waals surface area contributed by atoms with Gasteiger partial charge in [0.05, 0.1) is 7.85 Å². The molecule has 2 rings (SSSR count). The lowest BCUT2D eigenvalue weighted by Crippen LogP contribution is -2.18. The normalized spacial score (nSPS) is 14.3. The summed E-state index contributed by atoms with van der Waals surface area (Å²) in [5.74, 6) is 1.03. The van der Waals surface area contributed by atoms with Crippen molar-refractivity contribution < 1.29 is 0 Å². The van der Waals surface area contributed by atoms with Gasteiger partial charge in [-0.25, -0.2) is 0 Å². The molecule has 0 saturated carbocycles. The molecule has 0 aliphatic carbocycles. The van der Waals surface area contributed by atoms with Gasteiger partial charge in [0.25, 0.3) is 0 Å². The Labute approximate surface area is 118 Å². The molecule has 0 amide bonds. The maximum Gasteiger partial charge on any atom is 0.0699 e. The van der Waals surface area contributed by atoms with E-state index in [4.69, 9.17) is 7.85 Å². The second-order valence-corrected chi connectivity index (χ2v) is 5.23. The van der Waals surface area contributed by atoms with Crippen molar-refractivity contribution in [3.63, 3.8) is 0 Å². The standard InChI is InChI=1S/C18H21B/c1-3-17(14(2)19)18(15-10-6-4-7-11-15)16-12-8-5-9-13-16/h4-14,17-18H,3H2,1-2H3/t14-,17-/m1/s1. The summed E-state index contributed by atoms with van der Waals surface area (Å²) < 4.78 is 0. The molecule has 2 aromatic carbocycles. The third-order valence-electron chi connectivity index (χ3n) is 3.89. The predicted molar refractivity (Wildman–Crippen MR) is 83.7 cm³/mol. The van der Waals surface area contributed by atoms with Crippen LogP contribution in [0.1, 0.15) is 37.3 Å². The zero-order valence-electron chi connectivity index (χ0n) is 11.8. The van der Waals surface area contributed by atoms with Crippen molar-refractivity contribution in [2.45, 2.75) is 32.0 Å². The van der Waals surface area contributed by atoms with Crippen LogP contribution in [0.4, 0.5) is 0 Å². The van der Waals surface area contributed by atoms with Gasteiger partial charge >= 0.3 is 0 Å². The molecule has 0 aliphatic heterocycles. The first kappa shape index (κ1) is 13.9. The van der Waals surface area contributed by atoms with E-state index >= 15 is 0 Å². The van der Waals surface area contributed by atoms with Crippen LogP contribution >= 0.6 is 0 Å². The fourth-order valence-corrected chi connectivity index (χ4v) is 2.92. The topological polar surface area (TPSA) is 0 Å². The molecule has 2 radical (unpaired) electrons. The van der Waals surface area contributed by atoms with Crippen molar-refractivity contribution in [3.05, 3.63) is 71.8 Å². The lowest BCUT2D eigenvalue weighted by atomic mass is 9.67. The van der Waals surface area contributed by atoms with Crippen molar-refractivity contribution in [2.24, 2.45) is 5.92 Å². The summed E-state index contributed by atoms with van der Waals surface area (Å²) >= 11 is 0. The maximum atomic E-state index is 6.22. The van der Waals surface area contributed by atoms with Crippen LogP contribution in [0.15, 0.2) is 60.7 Å². The molecule has 0 nitrogen and oxygen atoms in total. The first-order valence-electron chi connectivity index (χ1n) is 7.09. The molecule has 0 bridgehead atoms. The van der Waals surface area contributed by atoms with E-state index in [9.17, 15) is 0 Å². The van der Waals surface area contributed by atoms with Gasteiger partial charge in [0, 0.05) is 5.92 Å². The summed E-state index contributed by atoms with van der Waals surface area (Å²) in [7, 11) is 6.22. The van der Waals surface area contributed by atoms with Crippen LogP contribution in [0, 0.1) is 5.92 Å². The zero-order valence-corrected chi connectivity index (χ0v) is 11.8. The van der Waals surface area contributed by atoms with Gasteiger partial charge in [-0.15, -0.1) is 0 Å². The molecule has 0 aliphatic rings. The molecule has 0 aromatic heterocycles. The predicted octanol–water partition coefficient (Wildman–Crippen LogP) is 4.82. The number of rotatable bonds is 5. The zero-order chi connectivity index (χ0) is 13.7. The quantitative estimate of drug-likeness (QED) is 0.665. The molecule has 0 unspecified atom stereocenters. The largest absolute Gasteiger partial charge is 0.0765 e. The third kappa shape index (κ3) is 3.29. The van der Waals surface area contributed by atoms with E-state index in [1.165, 1.54) is 11.1 Å². The lowest BCUT2D eigenvalue weighted by molar-refractivity contribution is 0.438. The summed E-state index contributed by atoms with van der Waals surface area (Å²) in [5, 5.41) is 0. The Bertz CT molecular complexity index is 436. The second-order valence-electron chi connectivity index (χ2n) is 5.23. The Kier molecular flexibility index (Phi) is 4.84. The minimum atomic E-state index is 0.190.